The van der Waals surface area contributed by atoms with Crippen LogP contribution in [0.5, 0.6) is 0 Å². The minimum atomic E-state index is -0.103. The van der Waals surface area contributed by atoms with Crippen molar-refractivity contribution in [3.05, 3.63) is 88.5 Å². The molecule has 4 rings (SSSR count). The summed E-state index contributed by atoms with van der Waals surface area (Å²) in [6, 6.07) is 20.2. The molecular weight excluding hydrogens is 344 g/mol. The Hall–Kier alpha value is -3.33. The van der Waals surface area contributed by atoms with Gasteiger partial charge in [0.2, 0.25) is 0 Å². The summed E-state index contributed by atoms with van der Waals surface area (Å²) in [5.74, 6) is -0.103. The Morgan fingerprint density at radius 2 is 1.54 bits per heavy atom. The van der Waals surface area contributed by atoms with Gasteiger partial charge in [0, 0.05) is 33.4 Å². The fourth-order valence-electron chi connectivity index (χ4n) is 3.66. The molecule has 3 aromatic carbocycles. The molecule has 1 amide bonds. The van der Waals surface area contributed by atoms with Gasteiger partial charge in [-0.25, -0.2) is 0 Å². The van der Waals surface area contributed by atoms with Crippen molar-refractivity contribution in [1.29, 1.82) is 0 Å². The van der Waals surface area contributed by atoms with E-state index in [0.29, 0.717) is 5.56 Å². The molecule has 4 aromatic rings. The van der Waals surface area contributed by atoms with Crippen LogP contribution in [-0.4, -0.2) is 10.9 Å². The predicted molar refractivity (Wildman–Crippen MR) is 117 cm³/mol. The third-order valence-corrected chi connectivity index (χ3v) is 5.40. The van der Waals surface area contributed by atoms with E-state index in [0.717, 1.165) is 27.8 Å². The number of nitrogens with one attached hydrogen (secondary N) is 2. The Morgan fingerprint density at radius 3 is 2.25 bits per heavy atom. The van der Waals surface area contributed by atoms with E-state index in [1.54, 1.807) is 0 Å². The highest BCUT2D eigenvalue weighted by Crippen LogP contribution is 2.30. The lowest BCUT2D eigenvalue weighted by molar-refractivity contribution is 0.102. The minimum Gasteiger partial charge on any atom is -0.354 e. The maximum absolute atomic E-state index is 12.7. The summed E-state index contributed by atoms with van der Waals surface area (Å²) in [5, 5.41) is 4.09. The number of carbonyl (C=O) groups is 1. The van der Waals surface area contributed by atoms with E-state index >= 15 is 0 Å². The van der Waals surface area contributed by atoms with Crippen molar-refractivity contribution >= 4 is 22.5 Å². The zero-order chi connectivity index (χ0) is 19.8. The van der Waals surface area contributed by atoms with E-state index in [-0.39, 0.29) is 5.91 Å². The van der Waals surface area contributed by atoms with E-state index in [2.05, 4.69) is 55.3 Å². The van der Waals surface area contributed by atoms with Crippen molar-refractivity contribution in [3.63, 3.8) is 0 Å². The molecule has 140 valence electrons. The van der Waals surface area contributed by atoms with Gasteiger partial charge in [0.15, 0.2) is 0 Å². The third-order valence-electron chi connectivity index (χ3n) is 5.40. The molecule has 0 aliphatic carbocycles. The first-order chi connectivity index (χ1) is 13.4. The van der Waals surface area contributed by atoms with Crippen LogP contribution in [0, 0.1) is 27.7 Å². The fourth-order valence-corrected chi connectivity index (χ4v) is 3.66. The number of hydrogen-bond acceptors (Lipinski definition) is 1. The molecule has 28 heavy (non-hydrogen) atoms. The molecule has 0 radical (unpaired) electrons. The number of fused-ring (bicyclic) bond motifs is 1. The van der Waals surface area contributed by atoms with Gasteiger partial charge in [-0.05, 0) is 80.3 Å². The van der Waals surface area contributed by atoms with Gasteiger partial charge in [0.05, 0.1) is 0 Å². The maximum Gasteiger partial charge on any atom is 0.255 e. The Labute approximate surface area is 165 Å². The predicted octanol–water partition coefficient (Wildman–Crippen LogP) is 6.32. The van der Waals surface area contributed by atoms with Gasteiger partial charge in [0.1, 0.15) is 0 Å². The molecule has 0 unspecified atom stereocenters. The van der Waals surface area contributed by atoms with Gasteiger partial charge in [0.25, 0.3) is 5.91 Å². The first-order valence-electron chi connectivity index (χ1n) is 9.50. The lowest BCUT2D eigenvalue weighted by atomic mass is 10.0. The summed E-state index contributed by atoms with van der Waals surface area (Å²) < 4.78 is 0. The van der Waals surface area contributed by atoms with Gasteiger partial charge in [-0.3, -0.25) is 4.79 Å². The van der Waals surface area contributed by atoms with Gasteiger partial charge >= 0.3 is 0 Å². The lowest BCUT2D eigenvalue weighted by Gasteiger charge is -2.08. The van der Waals surface area contributed by atoms with Crippen LogP contribution in [0.1, 0.15) is 32.6 Å². The number of aromatic nitrogens is 1. The highest BCUT2D eigenvalue weighted by molar-refractivity contribution is 6.06. The summed E-state index contributed by atoms with van der Waals surface area (Å²) in [7, 11) is 0. The van der Waals surface area contributed by atoms with Crippen LogP contribution in [0.4, 0.5) is 5.69 Å². The molecule has 2 N–H and O–H groups in total. The smallest absolute Gasteiger partial charge is 0.255 e. The van der Waals surface area contributed by atoms with E-state index in [1.165, 1.54) is 22.3 Å². The molecule has 1 aromatic heterocycles. The number of aromatic amines is 1. The molecular formula is C25H24N2O. The van der Waals surface area contributed by atoms with E-state index in [1.807, 2.05) is 43.3 Å². The van der Waals surface area contributed by atoms with E-state index < -0.39 is 0 Å². The molecule has 3 heteroatoms. The summed E-state index contributed by atoms with van der Waals surface area (Å²) in [5.41, 5.74) is 9.57. The Balaban J connectivity index is 1.66. The Bertz CT molecular complexity index is 1180. The van der Waals surface area contributed by atoms with Gasteiger partial charge in [-0.15, -0.1) is 0 Å². The van der Waals surface area contributed by atoms with Crippen molar-refractivity contribution in [2.75, 3.05) is 5.32 Å². The number of anilines is 1. The first kappa shape index (κ1) is 18.1. The summed E-state index contributed by atoms with van der Waals surface area (Å²) >= 11 is 0. The normalized spacial score (nSPS) is 11.0. The standard InChI is InChI=1S/C25H24N2O/c1-15-8-11-21(12-18(15)4)26-25(28)20-10-9-19-13-23(27-22(19)14-20)24-16(2)6-5-7-17(24)3/h5-14,27H,1-4H3,(H,26,28). The van der Waals surface area contributed by atoms with Crippen molar-refractivity contribution < 1.29 is 4.79 Å². The molecule has 0 saturated heterocycles. The number of amides is 1. The van der Waals surface area contributed by atoms with Crippen LogP contribution in [0.25, 0.3) is 22.2 Å². The Morgan fingerprint density at radius 1 is 0.786 bits per heavy atom. The second-order valence-corrected chi connectivity index (χ2v) is 7.51. The second kappa shape index (κ2) is 7.01. The molecule has 1 heterocycles. The molecule has 3 nitrogen and oxygen atoms in total. The zero-order valence-electron chi connectivity index (χ0n) is 16.7. The van der Waals surface area contributed by atoms with Crippen molar-refractivity contribution in [1.82, 2.24) is 4.98 Å². The van der Waals surface area contributed by atoms with Gasteiger partial charge in [-0.1, -0.05) is 30.3 Å². The average Bonchev–Trinajstić information content (AvgIpc) is 3.07. The van der Waals surface area contributed by atoms with Crippen molar-refractivity contribution in [2.45, 2.75) is 27.7 Å². The number of carbonyl (C=O) groups excluding carboxylic acids is 1. The SMILES string of the molecule is Cc1ccc(NC(=O)c2ccc3cc(-c4c(C)cccc4C)[nH]c3c2)cc1C. The summed E-state index contributed by atoms with van der Waals surface area (Å²) in [6.45, 7) is 8.35. The number of rotatable bonds is 3. The second-order valence-electron chi connectivity index (χ2n) is 7.51. The van der Waals surface area contributed by atoms with Crippen molar-refractivity contribution in [2.24, 2.45) is 0 Å². The van der Waals surface area contributed by atoms with E-state index in [9.17, 15) is 4.79 Å². The molecule has 0 saturated carbocycles. The minimum absolute atomic E-state index is 0.103. The number of benzene rings is 3. The lowest BCUT2D eigenvalue weighted by Crippen LogP contribution is -2.11. The van der Waals surface area contributed by atoms with Crippen LogP contribution in [0.3, 0.4) is 0 Å². The van der Waals surface area contributed by atoms with Crippen LogP contribution in [0.15, 0.2) is 60.7 Å². The molecule has 0 bridgehead atoms. The summed E-state index contributed by atoms with van der Waals surface area (Å²) in [4.78, 5) is 16.2. The molecule has 0 atom stereocenters. The maximum atomic E-state index is 12.7. The monoisotopic (exact) mass is 368 g/mol. The Kier molecular flexibility index (Phi) is 4.52. The zero-order valence-corrected chi connectivity index (χ0v) is 16.7. The summed E-state index contributed by atoms with van der Waals surface area (Å²) in [6.07, 6.45) is 0. The number of aryl methyl sites for hydroxylation is 4. The van der Waals surface area contributed by atoms with E-state index in [4.69, 9.17) is 0 Å². The quantitative estimate of drug-likeness (QED) is 0.436. The number of H-pyrrole nitrogens is 1. The van der Waals surface area contributed by atoms with Gasteiger partial charge < -0.3 is 10.3 Å². The van der Waals surface area contributed by atoms with Crippen molar-refractivity contribution in [3.8, 4) is 11.3 Å². The highest BCUT2D eigenvalue weighted by Gasteiger charge is 2.12. The van der Waals surface area contributed by atoms with Crippen LogP contribution in [-0.2, 0) is 0 Å². The third kappa shape index (κ3) is 3.31. The largest absolute Gasteiger partial charge is 0.354 e. The highest BCUT2D eigenvalue weighted by atomic mass is 16.1. The fraction of sp³-hybridized carbons (Fsp3) is 0.160. The van der Waals surface area contributed by atoms with Crippen LogP contribution in [0.2, 0.25) is 0 Å². The first-order valence-corrected chi connectivity index (χ1v) is 9.50. The molecule has 0 fully saturated rings. The number of hydrogen-bond donors (Lipinski definition) is 2. The van der Waals surface area contributed by atoms with Crippen LogP contribution < -0.4 is 5.32 Å². The molecule has 0 aliphatic rings. The van der Waals surface area contributed by atoms with Crippen LogP contribution >= 0.6 is 0 Å². The molecule has 0 aliphatic heterocycles. The average molecular weight is 368 g/mol. The van der Waals surface area contributed by atoms with Gasteiger partial charge in [-0.2, -0.15) is 0 Å². The molecule has 0 spiro atoms. The topological polar surface area (TPSA) is 44.9 Å².